The molecule has 2 nitrogen and oxygen atoms in total. The molecule has 0 radical (unpaired) electrons. The predicted molar refractivity (Wildman–Crippen MR) is 23.3 cm³/mol. The molecule has 0 atom stereocenters. The maximum absolute atomic E-state index is 6.87. The summed E-state index contributed by atoms with van der Waals surface area (Å²) in [5.74, 6) is 0. The van der Waals surface area contributed by atoms with E-state index in [1.54, 1.807) is 6.20 Å². The normalized spacial score (nSPS) is 11.2. The largest absolute Gasteiger partial charge is 0.351 e. The van der Waals surface area contributed by atoms with Gasteiger partial charge in [0.15, 0.2) is 1.41 Å². The summed E-state index contributed by atoms with van der Waals surface area (Å²) < 4.78 is 6.87. The van der Waals surface area contributed by atoms with Gasteiger partial charge in [-0.05, 0) is 6.92 Å². The minimum absolute atomic E-state index is 0.884. The molecular weight excluding hydrogens is 76.1 g/mol. The number of hydrogen-bond donors (Lipinski definition) is 1. The van der Waals surface area contributed by atoms with Crippen LogP contribution >= 0.6 is 0 Å². The van der Waals surface area contributed by atoms with Crippen LogP contribution in [0, 0.1) is 6.92 Å². The fourth-order valence-corrected chi connectivity index (χ4v) is 0.299. The Kier molecular flexibility index (Phi) is 0.449. The third-order valence-electron chi connectivity index (χ3n) is 0.589. The van der Waals surface area contributed by atoms with Crippen LogP contribution in [-0.2, 0) is 0 Å². The van der Waals surface area contributed by atoms with Gasteiger partial charge >= 0.3 is 0 Å². The summed E-state index contributed by atoms with van der Waals surface area (Å²) in [6.45, 7) is 1.85. The summed E-state index contributed by atoms with van der Waals surface area (Å²) in [6.07, 6.45) is 3.09. The van der Waals surface area contributed by atoms with E-state index in [1.165, 1.54) is 11.3 Å². The van der Waals surface area contributed by atoms with Crippen LogP contribution in [0.25, 0.3) is 0 Å². The minimum atomic E-state index is 0.884. The molecule has 2 heteroatoms. The van der Waals surface area contributed by atoms with Gasteiger partial charge in [0.05, 0.1) is 12.0 Å². The number of nitrogens with one attached hydrogen (secondary N) is 1. The van der Waals surface area contributed by atoms with Crippen LogP contribution in [0.2, 0.25) is 1.41 Å². The number of rotatable bonds is 0. The van der Waals surface area contributed by atoms with Crippen molar-refractivity contribution in [3.05, 3.63) is 18.2 Å². The number of hydrogen-bond acceptors (Lipinski definition) is 1. The summed E-state index contributed by atoms with van der Waals surface area (Å²) in [6, 6.07) is 0. The Balaban J connectivity index is 3.04. The van der Waals surface area contributed by atoms with E-state index in [0.29, 0.717) is 0 Å². The van der Waals surface area contributed by atoms with Crippen LogP contribution in [0.5, 0.6) is 0 Å². The smallest absolute Gasteiger partial charge is 0.167 e. The van der Waals surface area contributed by atoms with Crippen LogP contribution in [0.1, 0.15) is 5.69 Å². The van der Waals surface area contributed by atoms with Crippen molar-refractivity contribution >= 4 is 0 Å². The zero-order chi connectivity index (χ0) is 5.28. The molecule has 0 aliphatic heterocycles. The van der Waals surface area contributed by atoms with Gasteiger partial charge in [-0.3, -0.25) is 0 Å². The molecule has 1 N–H and O–H groups in total. The van der Waals surface area contributed by atoms with Crippen molar-refractivity contribution in [2.45, 2.75) is 6.92 Å². The lowest BCUT2D eigenvalue weighted by atomic mass is 10.6. The van der Waals surface area contributed by atoms with Crippen molar-refractivity contribution in [3.8, 4) is 0 Å². The first kappa shape index (κ1) is 2.39. The molecule has 0 bridgehead atoms. The van der Waals surface area contributed by atoms with Crippen molar-refractivity contribution < 1.29 is 1.41 Å². The maximum Gasteiger partial charge on any atom is 0.167 e. The summed E-state index contributed by atoms with van der Waals surface area (Å²) >= 11 is 0. The number of aromatic amines is 1. The maximum atomic E-state index is 6.87. The monoisotopic (exact) mass is 83.1 g/mol. The van der Waals surface area contributed by atoms with Crippen molar-refractivity contribution in [1.29, 1.82) is 0 Å². The van der Waals surface area contributed by atoms with Gasteiger partial charge in [-0.25, -0.2) is 4.98 Å². The lowest BCUT2D eigenvalue weighted by Crippen LogP contribution is -1.59. The number of imidazole rings is 1. The highest BCUT2D eigenvalue weighted by Crippen LogP contribution is 1.81. The molecule has 0 spiro atoms. The molecule has 0 aliphatic carbocycles. The van der Waals surface area contributed by atoms with Gasteiger partial charge in [0.2, 0.25) is 0 Å². The van der Waals surface area contributed by atoms with Crippen LogP contribution < -0.4 is 0 Å². The zero-order valence-corrected chi connectivity index (χ0v) is 3.55. The Bertz CT molecular complexity index is 142. The highest BCUT2D eigenvalue weighted by molar-refractivity contribution is 4.87. The summed E-state index contributed by atoms with van der Waals surface area (Å²) in [4.78, 5) is 4.97. The van der Waals surface area contributed by atoms with E-state index < -0.39 is 0 Å². The average Bonchev–Trinajstić information content (AvgIpc) is 1.87. The van der Waals surface area contributed by atoms with Gasteiger partial charge in [-0.1, -0.05) is 0 Å². The number of nitrogens with zero attached hydrogens (tertiary/aromatic N) is 1. The second-order valence-corrected chi connectivity index (χ2v) is 1.16. The highest BCUT2D eigenvalue weighted by Gasteiger charge is 1.74. The second-order valence-electron chi connectivity index (χ2n) is 1.16. The Hall–Kier alpha value is -0.790. The molecule has 1 heterocycles. The number of H-pyrrole nitrogens is 1. The van der Waals surface area contributed by atoms with Crippen molar-refractivity contribution in [2.24, 2.45) is 0 Å². The minimum Gasteiger partial charge on any atom is -0.351 e. The van der Waals surface area contributed by atoms with E-state index in [1.807, 2.05) is 6.92 Å². The van der Waals surface area contributed by atoms with Gasteiger partial charge in [-0.15, -0.1) is 0 Å². The molecule has 0 unspecified atom stereocenters. The quantitative estimate of drug-likeness (QED) is 0.492. The lowest BCUT2D eigenvalue weighted by molar-refractivity contribution is 1.25. The van der Waals surface area contributed by atoms with Crippen LogP contribution in [0.3, 0.4) is 0 Å². The van der Waals surface area contributed by atoms with Crippen LogP contribution in [0.15, 0.2) is 12.5 Å². The topological polar surface area (TPSA) is 28.7 Å². The third-order valence-corrected chi connectivity index (χ3v) is 0.589. The van der Waals surface area contributed by atoms with Gasteiger partial charge in [-0.2, -0.15) is 0 Å². The fourth-order valence-electron chi connectivity index (χ4n) is 0.299. The zero-order valence-electron chi connectivity index (χ0n) is 4.55. The Labute approximate surface area is 37.7 Å². The Morgan fingerprint density at radius 2 is 3.00 bits per heavy atom. The first-order valence-electron chi connectivity index (χ1n) is 2.23. The van der Waals surface area contributed by atoms with Gasteiger partial charge in [0.1, 0.15) is 0 Å². The molecule has 0 saturated heterocycles. The Morgan fingerprint density at radius 1 is 2.17 bits per heavy atom. The molecule has 0 aliphatic rings. The summed E-state index contributed by atoms with van der Waals surface area (Å²) in [5, 5.41) is 0. The van der Waals surface area contributed by atoms with Gasteiger partial charge < -0.3 is 4.98 Å². The molecule has 1 aromatic rings. The fraction of sp³-hybridized carbons (Fsp3) is 0.250. The molecule has 0 fully saturated rings. The van der Waals surface area contributed by atoms with Gasteiger partial charge in [0.25, 0.3) is 0 Å². The Morgan fingerprint density at radius 3 is 3.17 bits per heavy atom. The molecule has 0 aromatic carbocycles. The highest BCUT2D eigenvalue weighted by atomic mass is 14.8. The van der Waals surface area contributed by atoms with Crippen LogP contribution in [-0.4, -0.2) is 9.96 Å². The van der Waals surface area contributed by atoms with E-state index in [0.717, 1.165) is 5.69 Å². The SMILES string of the molecule is [2H]n1cnc(C)c1. The van der Waals surface area contributed by atoms with E-state index in [9.17, 15) is 0 Å². The summed E-state index contributed by atoms with van der Waals surface area (Å²) in [7, 11) is 0. The number of aryl methyl sites for hydroxylation is 1. The first-order chi connectivity index (χ1) is 3.29. The average molecular weight is 83.1 g/mol. The molecule has 32 valence electrons. The molecule has 1 aromatic heterocycles. The molecule has 0 saturated carbocycles. The number of aromatic nitrogens is 2. The third kappa shape index (κ3) is 0.407. The predicted octanol–water partition coefficient (Wildman–Crippen LogP) is 0.718. The van der Waals surface area contributed by atoms with E-state index in [-0.39, 0.29) is 0 Å². The summed E-state index contributed by atoms with van der Waals surface area (Å²) in [5.41, 5.74) is 0.884. The van der Waals surface area contributed by atoms with E-state index >= 15 is 0 Å². The van der Waals surface area contributed by atoms with E-state index in [2.05, 4.69) is 4.98 Å². The first-order valence-corrected chi connectivity index (χ1v) is 1.79. The van der Waals surface area contributed by atoms with E-state index in [4.69, 9.17) is 1.41 Å². The van der Waals surface area contributed by atoms with Crippen molar-refractivity contribution in [2.75, 3.05) is 0 Å². The molecule has 1 rings (SSSR count). The standard InChI is InChI=1S/C4H6N2/c1-4-2-5-3-6-4/h2-3H,1H3,(H,5,6)/i/hD. The molecular formula is C4H6N2. The van der Waals surface area contributed by atoms with Crippen molar-refractivity contribution in [1.82, 2.24) is 9.96 Å². The van der Waals surface area contributed by atoms with Crippen LogP contribution in [0.4, 0.5) is 0 Å². The van der Waals surface area contributed by atoms with Crippen molar-refractivity contribution in [3.63, 3.8) is 0 Å². The van der Waals surface area contributed by atoms with Gasteiger partial charge in [0, 0.05) is 6.20 Å². The second kappa shape index (κ2) is 1.12. The molecule has 6 heavy (non-hydrogen) atoms. The lowest BCUT2D eigenvalue weighted by Gasteiger charge is -1.64. The molecule has 0 amide bonds.